The van der Waals surface area contributed by atoms with Crippen LogP contribution < -0.4 is 11.0 Å². The van der Waals surface area contributed by atoms with Gasteiger partial charge in [-0.05, 0) is 48.0 Å². The molecule has 0 aliphatic carbocycles. The van der Waals surface area contributed by atoms with Gasteiger partial charge in [-0.25, -0.2) is 14.1 Å². The SMILES string of the molecule is CC(C)(C)CC1=CC2=[N+]3C1=NC1=[N+]4C(=Nc5cc(CC(C)(C)C)c6n5C43n3c(cc(CC(C)(C)C)c3=N2)=N6)C(CC(C)(C)C(F)(F)F)=C1. The fraction of sp³-hybridized carbons (Fsp3) is 0.568. The Labute approximate surface area is 279 Å². The lowest BCUT2D eigenvalue weighted by atomic mass is 9.84. The van der Waals surface area contributed by atoms with Gasteiger partial charge in [-0.1, -0.05) is 91.1 Å². The molecule has 0 fully saturated rings. The van der Waals surface area contributed by atoms with E-state index in [-0.39, 0.29) is 22.7 Å². The summed E-state index contributed by atoms with van der Waals surface area (Å²) in [6, 6.07) is 4.25. The lowest BCUT2D eigenvalue weighted by molar-refractivity contribution is -0.792. The molecule has 252 valence electrons. The summed E-state index contributed by atoms with van der Waals surface area (Å²) >= 11 is 0. The number of aromatic nitrogens is 2. The Kier molecular flexibility index (Phi) is 5.89. The molecule has 0 saturated carbocycles. The summed E-state index contributed by atoms with van der Waals surface area (Å²) in [5.41, 5.74) is 3.24. The van der Waals surface area contributed by atoms with Gasteiger partial charge in [0.1, 0.15) is 11.3 Å². The minimum Gasteiger partial charge on any atom is -0.212 e. The molecule has 0 amide bonds. The van der Waals surface area contributed by atoms with Gasteiger partial charge >= 0.3 is 12.1 Å². The molecule has 0 saturated heterocycles. The number of alkyl halides is 3. The summed E-state index contributed by atoms with van der Waals surface area (Å²) in [5, 5.41) is 0. The van der Waals surface area contributed by atoms with E-state index in [1.165, 1.54) is 13.8 Å². The molecule has 8 rings (SSSR count). The highest BCUT2D eigenvalue weighted by atomic mass is 19.4. The van der Waals surface area contributed by atoms with Crippen molar-refractivity contribution in [1.29, 1.82) is 0 Å². The van der Waals surface area contributed by atoms with Crippen molar-refractivity contribution in [1.82, 2.24) is 9.13 Å². The number of aliphatic imine (C=N–C) groups is 2. The highest BCUT2D eigenvalue weighted by molar-refractivity contribution is 6.18. The molecule has 8 nitrogen and oxygen atoms in total. The maximum Gasteiger partial charge on any atom is 0.402 e. The maximum absolute atomic E-state index is 14.4. The van der Waals surface area contributed by atoms with Crippen molar-refractivity contribution in [2.24, 2.45) is 41.6 Å². The monoisotopic (exact) mass is 658 g/mol. The molecule has 6 aliphatic heterocycles. The molecule has 6 aliphatic rings. The summed E-state index contributed by atoms with van der Waals surface area (Å²) in [7, 11) is 0. The van der Waals surface area contributed by atoms with Gasteiger partial charge in [-0.3, -0.25) is 0 Å². The highest BCUT2D eigenvalue weighted by Gasteiger charge is 2.68. The van der Waals surface area contributed by atoms with Crippen LogP contribution in [0.15, 0.2) is 55.4 Å². The van der Waals surface area contributed by atoms with E-state index in [1.807, 2.05) is 6.08 Å². The smallest absolute Gasteiger partial charge is 0.212 e. The van der Waals surface area contributed by atoms with Crippen molar-refractivity contribution in [2.45, 2.75) is 114 Å². The first-order valence-electron chi connectivity index (χ1n) is 16.9. The number of halogens is 3. The zero-order valence-corrected chi connectivity index (χ0v) is 29.8. The Morgan fingerprint density at radius 2 is 1.17 bits per heavy atom. The number of rotatable bonds is 5. The van der Waals surface area contributed by atoms with E-state index in [0.29, 0.717) is 23.1 Å². The van der Waals surface area contributed by atoms with E-state index >= 15 is 0 Å². The van der Waals surface area contributed by atoms with E-state index in [9.17, 15) is 13.2 Å². The normalized spacial score (nSPS) is 22.2. The first kappa shape index (κ1) is 31.4. The molecule has 2 aromatic heterocycles. The number of hydrogen-bond acceptors (Lipinski definition) is 4. The van der Waals surface area contributed by atoms with Crippen molar-refractivity contribution in [3.8, 4) is 0 Å². The molecule has 0 radical (unpaired) electrons. The van der Waals surface area contributed by atoms with Crippen molar-refractivity contribution >= 4 is 35.0 Å². The van der Waals surface area contributed by atoms with Crippen LogP contribution in [0.4, 0.5) is 24.8 Å². The predicted octanol–water partition coefficient (Wildman–Crippen LogP) is 7.05. The third kappa shape index (κ3) is 4.27. The largest absolute Gasteiger partial charge is 0.402 e. The van der Waals surface area contributed by atoms with E-state index in [2.05, 4.69) is 98.8 Å². The van der Waals surface area contributed by atoms with E-state index in [4.69, 9.17) is 20.0 Å². The molecule has 11 heteroatoms. The minimum atomic E-state index is -4.39. The Morgan fingerprint density at radius 1 is 0.625 bits per heavy atom. The van der Waals surface area contributed by atoms with Crippen LogP contribution in [-0.2, 0) is 18.8 Å². The van der Waals surface area contributed by atoms with Gasteiger partial charge in [0.25, 0.3) is 23.3 Å². The molecular weight excluding hydrogens is 613 g/mol. The third-order valence-corrected chi connectivity index (χ3v) is 9.77. The van der Waals surface area contributed by atoms with Gasteiger partial charge in [0.05, 0.1) is 5.41 Å². The van der Waals surface area contributed by atoms with Gasteiger partial charge in [0.15, 0.2) is 0 Å². The second-order valence-electron chi connectivity index (χ2n) is 18.6. The zero-order valence-electron chi connectivity index (χ0n) is 29.8. The van der Waals surface area contributed by atoms with Gasteiger partial charge in [0.2, 0.25) is 11.3 Å². The molecule has 1 spiro atoms. The lowest BCUT2D eigenvalue weighted by Crippen LogP contribution is -2.71. The Bertz CT molecular complexity index is 2190. The van der Waals surface area contributed by atoms with Crippen LogP contribution >= 0.6 is 0 Å². The molecular formula is C37H45F3N8+2. The van der Waals surface area contributed by atoms with E-state index < -0.39 is 17.5 Å². The minimum absolute atomic E-state index is 0.0228. The molecule has 0 bridgehead atoms. The number of nitrogens with zero attached hydrogens (tertiary/aromatic N) is 8. The van der Waals surface area contributed by atoms with Crippen LogP contribution in [0.1, 0.15) is 100 Å². The summed E-state index contributed by atoms with van der Waals surface area (Å²) in [5.74, 6) is 3.00. The Morgan fingerprint density at radius 3 is 1.75 bits per heavy atom. The highest BCUT2D eigenvalue weighted by Crippen LogP contribution is 2.51. The maximum atomic E-state index is 14.4. The number of hydrogen-bond donors (Lipinski definition) is 0. The van der Waals surface area contributed by atoms with Crippen LogP contribution in [0.25, 0.3) is 0 Å². The quantitative estimate of drug-likeness (QED) is 0.309. The van der Waals surface area contributed by atoms with Crippen LogP contribution in [0, 0.1) is 21.7 Å². The first-order valence-corrected chi connectivity index (χ1v) is 16.9. The Hall–Kier alpha value is -3.89. The molecule has 48 heavy (non-hydrogen) atoms. The van der Waals surface area contributed by atoms with Crippen LogP contribution in [0.5, 0.6) is 0 Å². The standard InChI is InChI=1S/C37H45F3N8/c1-32(2,3)16-20-12-24-42-29-22(18-34(7,8)9)14-26-44-31-23(19-35(10,11)36(38,39)40)15-27-43-30-21(17-33(4,5)6)13-25-41-28(20)45(24)37(46(25)30,47(26)29)48(27)31/h12-15H,16-19H2,1-11H3/q+2. The van der Waals surface area contributed by atoms with Crippen molar-refractivity contribution < 1.29 is 22.3 Å². The van der Waals surface area contributed by atoms with E-state index in [1.54, 1.807) is 0 Å². The second kappa shape index (κ2) is 9.01. The fourth-order valence-electron chi connectivity index (χ4n) is 7.99. The molecule has 2 aromatic rings. The van der Waals surface area contributed by atoms with Gasteiger partial charge in [-0.2, -0.15) is 13.2 Å². The summed E-state index contributed by atoms with van der Waals surface area (Å²) in [4.78, 5) is 21.1. The summed E-state index contributed by atoms with van der Waals surface area (Å²) in [6.07, 6.45) is 1.66. The zero-order chi connectivity index (χ0) is 34.7. The van der Waals surface area contributed by atoms with Gasteiger partial charge in [0, 0.05) is 40.5 Å². The summed E-state index contributed by atoms with van der Waals surface area (Å²) < 4.78 is 51.9. The molecule has 0 N–H and O–H groups in total. The van der Waals surface area contributed by atoms with Crippen LogP contribution in [0.2, 0.25) is 0 Å². The lowest BCUT2D eigenvalue weighted by Gasteiger charge is -2.42. The van der Waals surface area contributed by atoms with E-state index in [0.717, 1.165) is 64.4 Å². The fourth-order valence-corrected chi connectivity index (χ4v) is 7.99. The van der Waals surface area contributed by atoms with Crippen LogP contribution in [-0.4, -0.2) is 47.8 Å². The average molecular weight is 659 g/mol. The predicted molar refractivity (Wildman–Crippen MR) is 180 cm³/mol. The second-order valence-corrected chi connectivity index (χ2v) is 18.6. The molecule has 0 aromatic carbocycles. The third-order valence-electron chi connectivity index (χ3n) is 9.77. The van der Waals surface area contributed by atoms with Crippen LogP contribution in [0.3, 0.4) is 0 Å². The molecule has 8 heterocycles. The van der Waals surface area contributed by atoms with Gasteiger partial charge in [-0.15, -0.1) is 9.15 Å². The summed E-state index contributed by atoms with van der Waals surface area (Å²) in [6.45, 7) is 22.4. The molecule has 1 unspecified atom stereocenters. The van der Waals surface area contributed by atoms with Crippen molar-refractivity contribution in [2.75, 3.05) is 0 Å². The molecule has 1 atom stereocenters. The first-order chi connectivity index (χ1) is 22.0. The van der Waals surface area contributed by atoms with Gasteiger partial charge < -0.3 is 0 Å². The Balaban J connectivity index is 1.49. The number of amidine groups is 4. The average Bonchev–Trinajstić information content (AvgIpc) is 3.61. The van der Waals surface area contributed by atoms with Crippen molar-refractivity contribution in [3.05, 3.63) is 57.5 Å². The topological polar surface area (TPSA) is 65.3 Å². The van der Waals surface area contributed by atoms with Crippen molar-refractivity contribution in [3.63, 3.8) is 0 Å².